The van der Waals surface area contributed by atoms with Crippen LogP contribution in [0.1, 0.15) is 44.6 Å². The highest BCUT2D eigenvalue weighted by atomic mass is 35.5. The Morgan fingerprint density at radius 3 is 2.11 bits per heavy atom. The van der Waals surface area contributed by atoms with Crippen LogP contribution in [0.4, 0.5) is 4.39 Å². The molecule has 0 aromatic heterocycles. The van der Waals surface area contributed by atoms with Crippen molar-refractivity contribution in [3.05, 3.63) is 35.6 Å². The van der Waals surface area contributed by atoms with Gasteiger partial charge >= 0.3 is 0 Å². The number of hydrogen-bond acceptors (Lipinski definition) is 0. The lowest BCUT2D eigenvalue weighted by Gasteiger charge is -2.30. The summed E-state index contributed by atoms with van der Waals surface area (Å²) in [5.41, 5.74) is 0.829. The molecule has 1 aromatic rings. The van der Waals surface area contributed by atoms with Crippen molar-refractivity contribution in [2.45, 2.75) is 44.4 Å². The third kappa shape index (κ3) is 4.13. The van der Waals surface area contributed by atoms with Gasteiger partial charge < -0.3 is 0 Å². The molecular formula is C15H21Cl2F. The van der Waals surface area contributed by atoms with Crippen molar-refractivity contribution in [1.29, 1.82) is 0 Å². The monoisotopic (exact) mass is 290 g/mol. The molecule has 1 rings (SSSR count). The molecule has 0 aliphatic carbocycles. The number of hydrogen-bond donors (Lipinski definition) is 0. The molecule has 0 nitrogen and oxygen atoms in total. The van der Waals surface area contributed by atoms with Crippen molar-refractivity contribution >= 4 is 23.2 Å². The van der Waals surface area contributed by atoms with Crippen LogP contribution in [0.5, 0.6) is 0 Å². The molecule has 0 fully saturated rings. The van der Waals surface area contributed by atoms with Crippen LogP contribution in [0.15, 0.2) is 24.3 Å². The van der Waals surface area contributed by atoms with Crippen LogP contribution in [0.25, 0.3) is 0 Å². The van der Waals surface area contributed by atoms with Crippen LogP contribution in [0.3, 0.4) is 0 Å². The normalized spacial score (nSPS) is 11.8. The Hall–Kier alpha value is -0.270. The van der Waals surface area contributed by atoms with Gasteiger partial charge in [0.25, 0.3) is 0 Å². The molecule has 0 radical (unpaired) electrons. The van der Waals surface area contributed by atoms with Gasteiger partial charge in [-0.25, -0.2) is 4.39 Å². The van der Waals surface area contributed by atoms with E-state index in [1.165, 1.54) is 31.4 Å². The molecule has 0 amide bonds. The van der Waals surface area contributed by atoms with Gasteiger partial charge in [0.15, 0.2) is 0 Å². The quantitative estimate of drug-likeness (QED) is 0.437. The molecule has 0 saturated heterocycles. The lowest BCUT2D eigenvalue weighted by atomic mass is 9.79. The van der Waals surface area contributed by atoms with E-state index in [-0.39, 0.29) is 11.2 Å². The summed E-state index contributed by atoms with van der Waals surface area (Å²) in [6.07, 6.45) is 5.73. The Bertz CT molecular complexity index is 331. The summed E-state index contributed by atoms with van der Waals surface area (Å²) in [5.74, 6) is 0.741. The maximum absolute atomic E-state index is 13.0. The van der Waals surface area contributed by atoms with E-state index < -0.39 is 0 Å². The zero-order chi connectivity index (χ0) is 13.4. The van der Waals surface area contributed by atoms with Gasteiger partial charge in [-0.05, 0) is 24.1 Å². The van der Waals surface area contributed by atoms with Gasteiger partial charge in [0, 0.05) is 17.2 Å². The van der Waals surface area contributed by atoms with Gasteiger partial charge in [0.05, 0.1) is 0 Å². The topological polar surface area (TPSA) is 0 Å². The zero-order valence-corrected chi connectivity index (χ0v) is 12.4. The van der Waals surface area contributed by atoms with Crippen molar-refractivity contribution < 1.29 is 4.39 Å². The molecule has 3 heteroatoms. The molecule has 0 N–H and O–H groups in total. The predicted octanol–water partition coefficient (Wildman–Crippen LogP) is 5.51. The van der Waals surface area contributed by atoms with E-state index in [1.54, 1.807) is 12.1 Å². The molecule has 102 valence electrons. The summed E-state index contributed by atoms with van der Waals surface area (Å²) in [6, 6.07) is 6.57. The maximum Gasteiger partial charge on any atom is 0.123 e. The van der Waals surface area contributed by atoms with E-state index in [2.05, 4.69) is 6.92 Å². The fourth-order valence-corrected chi connectivity index (χ4v) is 3.02. The average molecular weight is 291 g/mol. The third-order valence-corrected chi connectivity index (χ3v) is 4.50. The number of rotatable bonds is 8. The van der Waals surface area contributed by atoms with Gasteiger partial charge in [0.1, 0.15) is 5.82 Å². The molecule has 0 unspecified atom stereocenters. The second kappa shape index (κ2) is 8.01. The van der Waals surface area contributed by atoms with Crippen molar-refractivity contribution in [3.8, 4) is 0 Å². The van der Waals surface area contributed by atoms with E-state index in [1.807, 2.05) is 0 Å². The fraction of sp³-hybridized carbons (Fsp3) is 0.600. The number of unbranched alkanes of at least 4 members (excludes halogenated alkanes) is 3. The minimum absolute atomic E-state index is 0.218. The highest BCUT2D eigenvalue weighted by molar-refractivity contribution is 6.22. The molecular weight excluding hydrogens is 270 g/mol. The van der Waals surface area contributed by atoms with Crippen LogP contribution in [0, 0.1) is 5.82 Å². The maximum atomic E-state index is 13.0. The van der Waals surface area contributed by atoms with Crippen molar-refractivity contribution in [2.75, 3.05) is 11.8 Å². The second-order valence-corrected chi connectivity index (χ2v) is 5.40. The minimum atomic E-state index is -0.220. The van der Waals surface area contributed by atoms with Crippen molar-refractivity contribution in [3.63, 3.8) is 0 Å². The Kier molecular flexibility index (Phi) is 7.03. The standard InChI is InChI=1S/C15H21Cl2F/c1-2-3-4-5-10-15(11-16,12-17)13-6-8-14(18)9-7-13/h6-9H,2-5,10-12H2,1H3. The Labute approximate surface area is 119 Å². The molecule has 0 heterocycles. The van der Waals surface area contributed by atoms with Crippen LogP contribution >= 0.6 is 23.2 Å². The van der Waals surface area contributed by atoms with Crippen LogP contribution in [-0.4, -0.2) is 11.8 Å². The lowest BCUT2D eigenvalue weighted by molar-refractivity contribution is 0.455. The fourth-order valence-electron chi connectivity index (χ4n) is 2.16. The van der Waals surface area contributed by atoms with Crippen molar-refractivity contribution in [1.82, 2.24) is 0 Å². The highest BCUT2D eigenvalue weighted by Crippen LogP contribution is 2.33. The first-order valence-electron chi connectivity index (χ1n) is 6.56. The molecule has 0 bridgehead atoms. The van der Waals surface area contributed by atoms with E-state index >= 15 is 0 Å². The molecule has 18 heavy (non-hydrogen) atoms. The Morgan fingerprint density at radius 1 is 1.00 bits per heavy atom. The summed E-state index contributed by atoms with van der Waals surface area (Å²) >= 11 is 12.3. The molecule has 0 atom stereocenters. The van der Waals surface area contributed by atoms with Gasteiger partial charge in [-0.1, -0.05) is 44.7 Å². The van der Waals surface area contributed by atoms with E-state index in [0.29, 0.717) is 11.8 Å². The smallest absolute Gasteiger partial charge is 0.123 e. The largest absolute Gasteiger partial charge is 0.207 e. The van der Waals surface area contributed by atoms with Gasteiger partial charge in [-0.2, -0.15) is 0 Å². The van der Waals surface area contributed by atoms with E-state index in [9.17, 15) is 4.39 Å². The van der Waals surface area contributed by atoms with Crippen molar-refractivity contribution in [2.24, 2.45) is 0 Å². The minimum Gasteiger partial charge on any atom is -0.207 e. The van der Waals surface area contributed by atoms with E-state index in [0.717, 1.165) is 18.4 Å². The summed E-state index contributed by atoms with van der Waals surface area (Å²) < 4.78 is 13.0. The molecule has 0 spiro atoms. The van der Waals surface area contributed by atoms with Gasteiger partial charge in [-0.3, -0.25) is 0 Å². The average Bonchev–Trinajstić information content (AvgIpc) is 2.41. The first-order valence-corrected chi connectivity index (χ1v) is 7.63. The number of halogens is 3. The SMILES string of the molecule is CCCCCCC(CCl)(CCl)c1ccc(F)cc1. The van der Waals surface area contributed by atoms with Crippen LogP contribution in [-0.2, 0) is 5.41 Å². The first-order chi connectivity index (χ1) is 8.68. The molecule has 0 aliphatic rings. The Balaban J connectivity index is 2.75. The molecule has 0 aliphatic heterocycles. The highest BCUT2D eigenvalue weighted by Gasteiger charge is 2.30. The zero-order valence-electron chi connectivity index (χ0n) is 10.9. The number of alkyl halides is 2. The van der Waals surface area contributed by atoms with Crippen LogP contribution in [0.2, 0.25) is 0 Å². The lowest BCUT2D eigenvalue weighted by Crippen LogP contribution is -2.30. The van der Waals surface area contributed by atoms with Gasteiger partial charge in [0.2, 0.25) is 0 Å². The summed E-state index contributed by atoms with van der Waals surface area (Å²) in [6.45, 7) is 2.19. The third-order valence-electron chi connectivity index (χ3n) is 3.48. The van der Waals surface area contributed by atoms with E-state index in [4.69, 9.17) is 23.2 Å². The summed E-state index contributed by atoms with van der Waals surface area (Å²) in [7, 11) is 0. The van der Waals surface area contributed by atoms with Gasteiger partial charge in [-0.15, -0.1) is 23.2 Å². The number of benzene rings is 1. The Morgan fingerprint density at radius 2 is 1.61 bits per heavy atom. The second-order valence-electron chi connectivity index (χ2n) is 4.87. The molecule has 1 aromatic carbocycles. The predicted molar refractivity (Wildman–Crippen MR) is 78.3 cm³/mol. The first kappa shape index (κ1) is 15.8. The van der Waals surface area contributed by atoms with Crippen LogP contribution < -0.4 is 0 Å². The molecule has 0 saturated carbocycles. The summed E-state index contributed by atoms with van der Waals surface area (Å²) in [5, 5.41) is 0. The summed E-state index contributed by atoms with van der Waals surface area (Å²) in [4.78, 5) is 0.